The van der Waals surface area contributed by atoms with Crippen molar-refractivity contribution in [2.45, 2.75) is 117 Å². The molecular formula is C48H60N2. The molecule has 50 heavy (non-hydrogen) atoms. The number of aryl methyl sites for hydroxylation is 2. The summed E-state index contributed by atoms with van der Waals surface area (Å²) in [6.07, 6.45) is 19.2. The second kappa shape index (κ2) is 19.8. The minimum Gasteiger partial charge on any atom is -0.399 e. The van der Waals surface area contributed by atoms with Gasteiger partial charge in [-0.1, -0.05) is 150 Å². The molecule has 0 aliphatic carbocycles. The maximum absolute atomic E-state index is 5.96. The first-order valence-electron chi connectivity index (χ1n) is 19.5. The van der Waals surface area contributed by atoms with Crippen molar-refractivity contribution in [1.82, 2.24) is 0 Å². The van der Waals surface area contributed by atoms with E-state index in [2.05, 4.69) is 98.8 Å². The van der Waals surface area contributed by atoms with Gasteiger partial charge in [0, 0.05) is 11.4 Å². The van der Waals surface area contributed by atoms with Gasteiger partial charge in [-0.3, -0.25) is 0 Å². The monoisotopic (exact) mass is 664 g/mol. The van der Waals surface area contributed by atoms with Crippen LogP contribution in [0.25, 0.3) is 0 Å². The van der Waals surface area contributed by atoms with E-state index in [1.54, 1.807) is 0 Å². The summed E-state index contributed by atoms with van der Waals surface area (Å²) in [5, 5.41) is 0. The van der Waals surface area contributed by atoms with Crippen molar-refractivity contribution in [3.8, 4) is 0 Å². The van der Waals surface area contributed by atoms with Gasteiger partial charge >= 0.3 is 0 Å². The van der Waals surface area contributed by atoms with Crippen LogP contribution in [0.4, 0.5) is 11.4 Å². The molecule has 0 bridgehead atoms. The standard InChI is InChI=1S/C48H60N2/c1-3-5-7-9-11-13-43-35-41(19-25-45(43)33-39-21-27-47(49)28-22-39)31-37-15-17-38(18-16-37)32-42-20-26-46(34-40-23-29-48(50)30-24-40)44(36-42)14-12-10-8-6-4-2/h15-30,35-36H,3-14,31-34,49-50H2,1-2H3. The van der Waals surface area contributed by atoms with Crippen LogP contribution in [0.15, 0.2) is 109 Å². The van der Waals surface area contributed by atoms with Crippen LogP contribution in [0.2, 0.25) is 0 Å². The fourth-order valence-electron chi connectivity index (χ4n) is 7.18. The molecule has 0 aliphatic heterocycles. The van der Waals surface area contributed by atoms with Gasteiger partial charge in [-0.05, 0) is 131 Å². The zero-order valence-corrected chi connectivity index (χ0v) is 30.9. The Morgan fingerprint density at radius 3 is 1.02 bits per heavy atom. The molecule has 0 amide bonds. The van der Waals surface area contributed by atoms with E-state index >= 15 is 0 Å². The summed E-state index contributed by atoms with van der Waals surface area (Å²) in [6.45, 7) is 4.57. The first-order valence-corrected chi connectivity index (χ1v) is 19.5. The number of rotatable bonds is 20. The summed E-state index contributed by atoms with van der Waals surface area (Å²) < 4.78 is 0. The van der Waals surface area contributed by atoms with E-state index in [0.717, 1.165) is 49.9 Å². The lowest BCUT2D eigenvalue weighted by Gasteiger charge is -2.14. The van der Waals surface area contributed by atoms with Gasteiger partial charge in [0.05, 0.1) is 0 Å². The van der Waals surface area contributed by atoms with E-state index in [4.69, 9.17) is 11.5 Å². The van der Waals surface area contributed by atoms with Crippen molar-refractivity contribution in [2.24, 2.45) is 0 Å². The van der Waals surface area contributed by atoms with Gasteiger partial charge in [0.15, 0.2) is 0 Å². The molecule has 0 saturated carbocycles. The lowest BCUT2D eigenvalue weighted by molar-refractivity contribution is 0.631. The van der Waals surface area contributed by atoms with Crippen molar-refractivity contribution >= 4 is 11.4 Å². The van der Waals surface area contributed by atoms with Gasteiger partial charge in [-0.15, -0.1) is 0 Å². The average molecular weight is 665 g/mol. The van der Waals surface area contributed by atoms with E-state index in [-0.39, 0.29) is 0 Å². The Bertz CT molecular complexity index is 1580. The highest BCUT2D eigenvalue weighted by Crippen LogP contribution is 2.24. The van der Waals surface area contributed by atoms with Crippen molar-refractivity contribution < 1.29 is 0 Å². The molecule has 5 aromatic rings. The number of unbranched alkanes of at least 4 members (excludes halogenated alkanes) is 8. The van der Waals surface area contributed by atoms with Crippen LogP contribution in [-0.4, -0.2) is 0 Å². The number of benzene rings is 5. The summed E-state index contributed by atoms with van der Waals surface area (Å²) in [7, 11) is 0. The Hall–Kier alpha value is -4.30. The van der Waals surface area contributed by atoms with Crippen LogP contribution in [0.1, 0.15) is 134 Å². The Balaban J connectivity index is 1.25. The molecule has 2 nitrogen and oxygen atoms in total. The molecule has 5 rings (SSSR count). The molecule has 0 aromatic heterocycles. The van der Waals surface area contributed by atoms with Crippen LogP contribution >= 0.6 is 0 Å². The van der Waals surface area contributed by atoms with E-state index < -0.39 is 0 Å². The van der Waals surface area contributed by atoms with E-state index in [0.29, 0.717) is 0 Å². The molecular weight excluding hydrogens is 605 g/mol. The Morgan fingerprint density at radius 1 is 0.320 bits per heavy atom. The first kappa shape index (κ1) is 37.0. The smallest absolute Gasteiger partial charge is 0.0314 e. The number of hydrogen-bond acceptors (Lipinski definition) is 2. The zero-order valence-electron chi connectivity index (χ0n) is 30.9. The highest BCUT2D eigenvalue weighted by atomic mass is 14.5. The summed E-state index contributed by atoms with van der Waals surface area (Å²) in [4.78, 5) is 0. The number of hydrogen-bond donors (Lipinski definition) is 2. The van der Waals surface area contributed by atoms with Crippen molar-refractivity contribution in [3.63, 3.8) is 0 Å². The largest absolute Gasteiger partial charge is 0.399 e. The number of nitrogens with two attached hydrogens (primary N) is 2. The highest BCUT2D eigenvalue weighted by molar-refractivity contribution is 5.45. The maximum Gasteiger partial charge on any atom is 0.0314 e. The van der Waals surface area contributed by atoms with E-state index in [1.807, 2.05) is 24.3 Å². The van der Waals surface area contributed by atoms with Crippen molar-refractivity contribution in [1.29, 1.82) is 0 Å². The lowest BCUT2D eigenvalue weighted by atomic mass is 9.91. The molecule has 0 fully saturated rings. The summed E-state index contributed by atoms with van der Waals surface area (Å²) in [5.41, 5.74) is 27.7. The minimum atomic E-state index is 0.826. The average Bonchev–Trinajstić information content (AvgIpc) is 3.13. The molecule has 0 atom stereocenters. The molecule has 0 unspecified atom stereocenters. The van der Waals surface area contributed by atoms with Crippen LogP contribution in [0.3, 0.4) is 0 Å². The third-order valence-electron chi connectivity index (χ3n) is 10.2. The first-order chi connectivity index (χ1) is 24.5. The second-order valence-electron chi connectivity index (χ2n) is 14.5. The maximum atomic E-state index is 5.96. The summed E-state index contributed by atoms with van der Waals surface area (Å²) in [5.74, 6) is 0. The molecule has 262 valence electrons. The van der Waals surface area contributed by atoms with E-state index in [9.17, 15) is 0 Å². The molecule has 4 N–H and O–H groups in total. The van der Waals surface area contributed by atoms with Crippen LogP contribution in [0, 0.1) is 0 Å². The van der Waals surface area contributed by atoms with Gasteiger partial charge in [-0.25, -0.2) is 0 Å². The molecule has 0 aliphatic rings. The molecule has 5 aromatic carbocycles. The molecule has 0 spiro atoms. The van der Waals surface area contributed by atoms with Crippen LogP contribution < -0.4 is 11.5 Å². The second-order valence-corrected chi connectivity index (χ2v) is 14.5. The summed E-state index contributed by atoms with van der Waals surface area (Å²) in [6, 6.07) is 40.5. The molecule has 2 heteroatoms. The predicted octanol–water partition coefficient (Wildman–Crippen LogP) is 12.2. The minimum absolute atomic E-state index is 0.826. The Kier molecular flexibility index (Phi) is 14.6. The number of nitrogen functional groups attached to an aromatic ring is 2. The Labute approximate surface area is 303 Å². The molecule has 0 radical (unpaired) electrons. The highest BCUT2D eigenvalue weighted by Gasteiger charge is 2.10. The Morgan fingerprint density at radius 2 is 0.640 bits per heavy atom. The summed E-state index contributed by atoms with van der Waals surface area (Å²) >= 11 is 0. The molecule has 0 heterocycles. The van der Waals surface area contributed by atoms with Crippen molar-refractivity contribution in [2.75, 3.05) is 11.5 Å². The normalized spacial score (nSPS) is 11.2. The number of anilines is 2. The fraction of sp³-hybridized carbons (Fsp3) is 0.375. The topological polar surface area (TPSA) is 52.0 Å². The van der Waals surface area contributed by atoms with Crippen molar-refractivity contribution in [3.05, 3.63) is 165 Å². The predicted molar refractivity (Wildman–Crippen MR) is 217 cm³/mol. The quantitative estimate of drug-likeness (QED) is 0.0642. The zero-order chi connectivity index (χ0) is 35.0. The van der Waals surface area contributed by atoms with Gasteiger partial charge in [0.25, 0.3) is 0 Å². The van der Waals surface area contributed by atoms with Crippen LogP contribution in [0.5, 0.6) is 0 Å². The van der Waals surface area contributed by atoms with Gasteiger partial charge in [0.1, 0.15) is 0 Å². The fourth-order valence-corrected chi connectivity index (χ4v) is 7.18. The van der Waals surface area contributed by atoms with Gasteiger partial charge in [0.2, 0.25) is 0 Å². The molecule has 0 saturated heterocycles. The lowest BCUT2D eigenvalue weighted by Crippen LogP contribution is -2.00. The van der Waals surface area contributed by atoms with Gasteiger partial charge in [-0.2, -0.15) is 0 Å². The van der Waals surface area contributed by atoms with Gasteiger partial charge < -0.3 is 11.5 Å². The third-order valence-corrected chi connectivity index (χ3v) is 10.2. The van der Waals surface area contributed by atoms with E-state index in [1.165, 1.54) is 120 Å². The third kappa shape index (κ3) is 11.9. The van der Waals surface area contributed by atoms with Crippen LogP contribution in [-0.2, 0) is 38.5 Å². The SMILES string of the molecule is CCCCCCCc1cc(Cc2ccc(Cc3ccc(Cc4ccc(N)cc4)c(CCCCCCC)c3)cc2)ccc1Cc1ccc(N)cc1.